The van der Waals surface area contributed by atoms with Gasteiger partial charge in [0.05, 0.1) is 11.6 Å². The number of hydrogen-bond donors (Lipinski definition) is 1. The van der Waals surface area contributed by atoms with E-state index >= 15 is 0 Å². The van der Waals surface area contributed by atoms with E-state index in [2.05, 4.69) is 0 Å². The van der Waals surface area contributed by atoms with Gasteiger partial charge in [0.1, 0.15) is 0 Å². The monoisotopic (exact) mass is 173 g/mol. The summed E-state index contributed by atoms with van der Waals surface area (Å²) in [6.45, 7) is 1.78. The maximum absolute atomic E-state index is 10.9. The molecule has 0 amide bonds. The molecule has 0 bridgehead atoms. The predicted octanol–water partition coefficient (Wildman–Crippen LogP) is 1.13. The molecule has 11 heavy (non-hydrogen) atoms. The summed E-state index contributed by atoms with van der Waals surface area (Å²) in [7, 11) is 0. The molecule has 0 saturated carbocycles. The molecule has 1 N–H and O–H groups in total. The Labute approximate surface area is 68.8 Å². The van der Waals surface area contributed by atoms with Gasteiger partial charge in [-0.15, -0.1) is 11.6 Å². The topological polar surface area (TPSA) is 42.2 Å². The Bertz CT molecular complexity index is 319. The van der Waals surface area contributed by atoms with Crippen LogP contribution in [-0.4, -0.2) is 9.94 Å². The first kappa shape index (κ1) is 8.14. The van der Waals surface area contributed by atoms with Gasteiger partial charge in [0.15, 0.2) is 0 Å². The lowest BCUT2D eigenvalue weighted by molar-refractivity contribution is 0.167. The number of rotatable bonds is 1. The molecule has 0 unspecified atom stereocenters. The Kier molecular flexibility index (Phi) is 2.19. The molecule has 0 aliphatic carbocycles. The molecule has 0 spiro atoms. The third-order valence-corrected chi connectivity index (χ3v) is 1.64. The van der Waals surface area contributed by atoms with Crippen molar-refractivity contribution in [1.29, 1.82) is 0 Å². The van der Waals surface area contributed by atoms with Crippen molar-refractivity contribution in [1.82, 2.24) is 4.73 Å². The average molecular weight is 174 g/mol. The summed E-state index contributed by atoms with van der Waals surface area (Å²) < 4.78 is 0.556. The molecule has 1 aromatic heterocycles. The molecule has 0 radical (unpaired) electrons. The van der Waals surface area contributed by atoms with Crippen molar-refractivity contribution in [3.63, 3.8) is 0 Å². The number of aromatic nitrogens is 1. The van der Waals surface area contributed by atoms with Crippen LogP contribution in [0.25, 0.3) is 0 Å². The second kappa shape index (κ2) is 2.96. The van der Waals surface area contributed by atoms with Crippen molar-refractivity contribution in [2.45, 2.75) is 12.8 Å². The standard InChI is InChI=1S/C7H8ClNO2/c1-5-2-6(4-8)9(11)7(10)3-5/h2-3,11H,4H2,1H3. The van der Waals surface area contributed by atoms with Crippen molar-refractivity contribution in [3.8, 4) is 0 Å². The van der Waals surface area contributed by atoms with Crippen LogP contribution < -0.4 is 5.56 Å². The molecule has 0 atom stereocenters. The molecular weight excluding hydrogens is 166 g/mol. The van der Waals surface area contributed by atoms with Crippen LogP contribution in [0.3, 0.4) is 0 Å². The van der Waals surface area contributed by atoms with Crippen LogP contribution in [0.2, 0.25) is 0 Å². The molecule has 0 saturated heterocycles. The van der Waals surface area contributed by atoms with E-state index in [1.165, 1.54) is 6.07 Å². The first-order chi connectivity index (χ1) is 5.15. The van der Waals surface area contributed by atoms with Crippen LogP contribution in [-0.2, 0) is 5.88 Å². The Morgan fingerprint density at radius 1 is 1.64 bits per heavy atom. The Morgan fingerprint density at radius 3 is 2.82 bits per heavy atom. The SMILES string of the molecule is Cc1cc(CCl)n(O)c(=O)c1. The summed E-state index contributed by atoms with van der Waals surface area (Å²) in [5, 5.41) is 9.04. The van der Waals surface area contributed by atoms with Crippen LogP contribution in [0.1, 0.15) is 11.3 Å². The highest BCUT2D eigenvalue weighted by Crippen LogP contribution is 2.01. The zero-order valence-corrected chi connectivity index (χ0v) is 6.80. The molecule has 0 aromatic carbocycles. The normalized spacial score (nSPS) is 10.0. The summed E-state index contributed by atoms with van der Waals surface area (Å²) in [6, 6.07) is 3.00. The maximum atomic E-state index is 10.9. The average Bonchev–Trinajstić information content (AvgIpc) is 1.96. The van der Waals surface area contributed by atoms with E-state index in [0.717, 1.165) is 5.56 Å². The Hall–Kier alpha value is -0.960. The fraction of sp³-hybridized carbons (Fsp3) is 0.286. The maximum Gasteiger partial charge on any atom is 0.283 e. The van der Waals surface area contributed by atoms with E-state index in [4.69, 9.17) is 16.8 Å². The number of halogens is 1. The molecule has 3 nitrogen and oxygen atoms in total. The van der Waals surface area contributed by atoms with Crippen LogP contribution >= 0.6 is 11.6 Å². The van der Waals surface area contributed by atoms with Gasteiger partial charge in [-0.25, -0.2) is 0 Å². The highest BCUT2D eigenvalue weighted by Gasteiger charge is 2.00. The van der Waals surface area contributed by atoms with Crippen molar-refractivity contribution in [2.75, 3.05) is 0 Å². The zero-order valence-electron chi connectivity index (χ0n) is 6.04. The predicted molar refractivity (Wildman–Crippen MR) is 42.2 cm³/mol. The fourth-order valence-electron chi connectivity index (χ4n) is 0.858. The number of aryl methyl sites for hydroxylation is 1. The highest BCUT2D eigenvalue weighted by atomic mass is 35.5. The first-order valence-corrected chi connectivity index (χ1v) is 3.66. The van der Waals surface area contributed by atoms with Gasteiger partial charge in [0.25, 0.3) is 5.56 Å². The van der Waals surface area contributed by atoms with Crippen molar-refractivity contribution in [2.24, 2.45) is 0 Å². The molecule has 60 valence electrons. The van der Waals surface area contributed by atoms with E-state index < -0.39 is 5.56 Å². The quantitative estimate of drug-likeness (QED) is 0.511. The first-order valence-electron chi connectivity index (χ1n) is 3.13. The number of alkyl halides is 1. The molecule has 0 aliphatic rings. The van der Waals surface area contributed by atoms with E-state index in [-0.39, 0.29) is 5.88 Å². The van der Waals surface area contributed by atoms with Crippen molar-refractivity contribution >= 4 is 11.6 Å². The third kappa shape index (κ3) is 1.54. The van der Waals surface area contributed by atoms with Gasteiger partial charge in [-0.1, -0.05) is 0 Å². The largest absolute Gasteiger partial charge is 0.425 e. The van der Waals surface area contributed by atoms with Gasteiger partial charge in [0.2, 0.25) is 0 Å². The molecule has 1 rings (SSSR count). The minimum atomic E-state index is -0.444. The highest BCUT2D eigenvalue weighted by molar-refractivity contribution is 6.16. The van der Waals surface area contributed by atoms with Gasteiger partial charge >= 0.3 is 0 Å². The zero-order chi connectivity index (χ0) is 8.43. The lowest BCUT2D eigenvalue weighted by Gasteiger charge is -2.02. The van der Waals surface area contributed by atoms with Gasteiger partial charge < -0.3 is 5.21 Å². The summed E-state index contributed by atoms with van der Waals surface area (Å²) >= 11 is 5.46. The minimum absolute atomic E-state index is 0.132. The molecule has 4 heteroatoms. The molecular formula is C7H8ClNO2. The van der Waals surface area contributed by atoms with E-state index in [1.807, 2.05) is 0 Å². The van der Waals surface area contributed by atoms with Crippen molar-refractivity contribution < 1.29 is 5.21 Å². The third-order valence-electron chi connectivity index (χ3n) is 1.36. The van der Waals surface area contributed by atoms with Crippen LogP contribution in [0.15, 0.2) is 16.9 Å². The molecule has 1 heterocycles. The lowest BCUT2D eigenvalue weighted by Crippen LogP contribution is -2.19. The Morgan fingerprint density at radius 2 is 2.27 bits per heavy atom. The van der Waals surface area contributed by atoms with Crippen LogP contribution in [0.4, 0.5) is 0 Å². The summed E-state index contributed by atoms with van der Waals surface area (Å²) in [6.07, 6.45) is 0. The van der Waals surface area contributed by atoms with Gasteiger partial charge in [-0.2, -0.15) is 4.73 Å². The second-order valence-electron chi connectivity index (χ2n) is 2.31. The molecule has 0 aliphatic heterocycles. The fourth-order valence-corrected chi connectivity index (χ4v) is 1.05. The number of nitrogens with zero attached hydrogens (tertiary/aromatic N) is 1. The number of pyridine rings is 1. The van der Waals surface area contributed by atoms with Gasteiger partial charge in [-0.3, -0.25) is 4.79 Å². The van der Waals surface area contributed by atoms with E-state index in [9.17, 15) is 4.79 Å². The van der Waals surface area contributed by atoms with E-state index in [0.29, 0.717) is 10.4 Å². The van der Waals surface area contributed by atoms with Crippen LogP contribution in [0, 0.1) is 6.92 Å². The van der Waals surface area contributed by atoms with Crippen LogP contribution in [0.5, 0.6) is 0 Å². The summed E-state index contributed by atoms with van der Waals surface area (Å²) in [4.78, 5) is 10.9. The van der Waals surface area contributed by atoms with E-state index in [1.54, 1.807) is 13.0 Å². The lowest BCUT2D eigenvalue weighted by atomic mass is 10.2. The van der Waals surface area contributed by atoms with Crippen molar-refractivity contribution in [3.05, 3.63) is 33.7 Å². The molecule has 1 aromatic rings. The smallest absolute Gasteiger partial charge is 0.283 e. The number of hydrogen-bond acceptors (Lipinski definition) is 2. The summed E-state index contributed by atoms with van der Waals surface area (Å²) in [5.74, 6) is 0.132. The van der Waals surface area contributed by atoms with Gasteiger partial charge in [0, 0.05) is 6.07 Å². The second-order valence-corrected chi connectivity index (χ2v) is 2.57. The Balaban J connectivity index is 3.36. The molecule has 0 fully saturated rings. The summed E-state index contributed by atoms with van der Waals surface area (Å²) in [5.41, 5.74) is 0.772. The van der Waals surface area contributed by atoms with Gasteiger partial charge in [-0.05, 0) is 18.6 Å². The minimum Gasteiger partial charge on any atom is -0.425 e.